The molecule has 1 aromatic carbocycles. The Balaban J connectivity index is 2.00. The van der Waals surface area contributed by atoms with Crippen molar-refractivity contribution in [2.75, 3.05) is 6.54 Å². The number of benzene rings is 1. The number of carbonyl (C=O) groups is 1. The van der Waals surface area contributed by atoms with Crippen molar-refractivity contribution in [3.8, 4) is 0 Å². The second kappa shape index (κ2) is 6.30. The number of rotatable bonds is 3. The van der Waals surface area contributed by atoms with E-state index in [9.17, 15) is 9.59 Å². The summed E-state index contributed by atoms with van der Waals surface area (Å²) in [6.45, 7) is 2.67. The van der Waals surface area contributed by atoms with Gasteiger partial charge in [-0.15, -0.1) is 0 Å². The summed E-state index contributed by atoms with van der Waals surface area (Å²) in [6, 6.07) is 7.43. The molecular weight excluding hydrogens is 278 g/mol. The number of hydrogen-bond acceptors (Lipinski definition) is 3. The van der Waals surface area contributed by atoms with Crippen LogP contribution in [0.4, 0.5) is 0 Å². The van der Waals surface area contributed by atoms with E-state index in [2.05, 4.69) is 10.2 Å². The van der Waals surface area contributed by atoms with E-state index in [0.717, 1.165) is 12.8 Å². The van der Waals surface area contributed by atoms with Gasteiger partial charge in [0, 0.05) is 18.0 Å². The molecule has 0 aliphatic heterocycles. The highest BCUT2D eigenvalue weighted by atomic mass is 16.2. The maximum Gasteiger partial charge on any atom is 0.275 e. The van der Waals surface area contributed by atoms with Crippen molar-refractivity contribution in [3.63, 3.8) is 0 Å². The van der Waals surface area contributed by atoms with Crippen molar-refractivity contribution in [2.45, 2.75) is 45.1 Å². The summed E-state index contributed by atoms with van der Waals surface area (Å²) in [5.41, 5.74) is 0.0930. The molecule has 0 saturated heterocycles. The molecule has 3 rings (SSSR count). The highest BCUT2D eigenvalue weighted by molar-refractivity contribution is 6.04. The van der Waals surface area contributed by atoms with Crippen LogP contribution in [0, 0.1) is 0 Å². The third-order valence-corrected chi connectivity index (χ3v) is 4.52. The van der Waals surface area contributed by atoms with Gasteiger partial charge in [-0.3, -0.25) is 9.59 Å². The van der Waals surface area contributed by atoms with Gasteiger partial charge in [-0.2, -0.15) is 5.10 Å². The number of nitrogens with zero attached hydrogens (tertiary/aromatic N) is 2. The topological polar surface area (TPSA) is 66.1 Å². The third-order valence-electron chi connectivity index (χ3n) is 4.52. The molecule has 0 atom stereocenters. The Hall–Kier alpha value is -2.17. The summed E-state index contributed by atoms with van der Waals surface area (Å²) >= 11 is 0. The summed E-state index contributed by atoms with van der Waals surface area (Å²) in [7, 11) is 0. The standard InChI is InChI=1S/C17H21N3O2/c1-2-20(12-8-4-3-5-9-12)17(22)15-13-10-6-7-11-14(13)16(21)19-18-15/h6-7,10-12H,2-5,8-9H2,1H3,(H,19,21). The molecule has 0 spiro atoms. The number of hydrogen-bond donors (Lipinski definition) is 1. The molecule has 0 bridgehead atoms. The number of H-pyrrole nitrogens is 1. The molecule has 2 aromatic rings. The number of carbonyl (C=O) groups excluding carboxylic acids is 1. The molecule has 1 aliphatic carbocycles. The van der Waals surface area contributed by atoms with Gasteiger partial charge in [0.25, 0.3) is 11.5 Å². The van der Waals surface area contributed by atoms with Gasteiger partial charge < -0.3 is 4.90 Å². The van der Waals surface area contributed by atoms with Crippen molar-refractivity contribution >= 4 is 16.7 Å². The predicted molar refractivity (Wildman–Crippen MR) is 85.9 cm³/mol. The summed E-state index contributed by atoms with van der Waals surface area (Å²) in [5.74, 6) is -0.0816. The molecule has 1 heterocycles. The Morgan fingerprint density at radius 1 is 1.23 bits per heavy atom. The normalized spacial score (nSPS) is 15.9. The zero-order chi connectivity index (χ0) is 15.5. The smallest absolute Gasteiger partial charge is 0.275 e. The lowest BCUT2D eigenvalue weighted by Crippen LogP contribution is -2.42. The number of aromatic nitrogens is 2. The zero-order valence-corrected chi connectivity index (χ0v) is 12.8. The Morgan fingerprint density at radius 3 is 2.59 bits per heavy atom. The fraction of sp³-hybridized carbons (Fsp3) is 0.471. The molecule has 1 aromatic heterocycles. The van der Waals surface area contributed by atoms with E-state index in [0.29, 0.717) is 29.1 Å². The summed E-state index contributed by atoms with van der Waals surface area (Å²) in [4.78, 5) is 26.7. The summed E-state index contributed by atoms with van der Waals surface area (Å²) < 4.78 is 0. The molecule has 1 amide bonds. The molecule has 5 heteroatoms. The van der Waals surface area contributed by atoms with E-state index < -0.39 is 0 Å². The highest BCUT2D eigenvalue weighted by Crippen LogP contribution is 2.24. The molecule has 5 nitrogen and oxygen atoms in total. The second-order valence-corrected chi connectivity index (χ2v) is 5.83. The fourth-order valence-electron chi connectivity index (χ4n) is 3.37. The zero-order valence-electron chi connectivity index (χ0n) is 12.8. The molecule has 116 valence electrons. The molecular formula is C17H21N3O2. The molecule has 1 aliphatic rings. The van der Waals surface area contributed by atoms with E-state index in [4.69, 9.17) is 0 Å². The predicted octanol–water partition coefficient (Wildman–Crippen LogP) is 2.72. The van der Waals surface area contributed by atoms with Crippen LogP contribution in [0.15, 0.2) is 29.1 Å². The maximum absolute atomic E-state index is 12.9. The minimum Gasteiger partial charge on any atom is -0.335 e. The van der Waals surface area contributed by atoms with Crippen LogP contribution in [0.3, 0.4) is 0 Å². The van der Waals surface area contributed by atoms with Crippen LogP contribution in [0.5, 0.6) is 0 Å². The first-order valence-corrected chi connectivity index (χ1v) is 8.00. The monoisotopic (exact) mass is 299 g/mol. The molecule has 1 N–H and O–H groups in total. The third kappa shape index (κ3) is 2.63. The summed E-state index contributed by atoms with van der Waals surface area (Å²) in [6.07, 6.45) is 5.71. The lowest BCUT2D eigenvalue weighted by molar-refractivity contribution is 0.0643. The van der Waals surface area contributed by atoms with E-state index in [1.54, 1.807) is 18.2 Å². The Kier molecular flexibility index (Phi) is 4.22. The number of fused-ring (bicyclic) bond motifs is 1. The van der Waals surface area contributed by atoms with Gasteiger partial charge in [0.05, 0.1) is 5.39 Å². The van der Waals surface area contributed by atoms with Crippen molar-refractivity contribution in [3.05, 3.63) is 40.3 Å². The van der Waals surface area contributed by atoms with Crippen LogP contribution in [0.2, 0.25) is 0 Å². The van der Waals surface area contributed by atoms with Gasteiger partial charge in [-0.05, 0) is 25.8 Å². The Labute approximate surface area is 129 Å². The minimum absolute atomic E-state index is 0.0816. The number of amides is 1. The summed E-state index contributed by atoms with van der Waals surface area (Å²) in [5, 5.41) is 7.64. The first-order valence-electron chi connectivity index (χ1n) is 8.00. The van der Waals surface area contributed by atoms with E-state index in [1.807, 2.05) is 17.9 Å². The fourth-order valence-corrected chi connectivity index (χ4v) is 3.37. The van der Waals surface area contributed by atoms with Gasteiger partial charge in [-0.1, -0.05) is 37.5 Å². The van der Waals surface area contributed by atoms with Crippen LogP contribution < -0.4 is 5.56 Å². The van der Waals surface area contributed by atoms with Gasteiger partial charge in [0.15, 0.2) is 5.69 Å². The van der Waals surface area contributed by atoms with Crippen LogP contribution in [-0.4, -0.2) is 33.6 Å². The molecule has 0 radical (unpaired) electrons. The molecule has 1 saturated carbocycles. The van der Waals surface area contributed by atoms with Crippen molar-refractivity contribution in [2.24, 2.45) is 0 Å². The van der Waals surface area contributed by atoms with E-state index in [-0.39, 0.29) is 11.5 Å². The van der Waals surface area contributed by atoms with Crippen LogP contribution in [0.25, 0.3) is 10.8 Å². The van der Waals surface area contributed by atoms with Gasteiger partial charge in [0.1, 0.15) is 0 Å². The van der Waals surface area contributed by atoms with Gasteiger partial charge in [-0.25, -0.2) is 5.10 Å². The van der Waals surface area contributed by atoms with Crippen LogP contribution >= 0.6 is 0 Å². The largest absolute Gasteiger partial charge is 0.335 e. The Morgan fingerprint density at radius 2 is 1.91 bits per heavy atom. The maximum atomic E-state index is 12.9. The van der Waals surface area contributed by atoms with E-state index in [1.165, 1.54) is 19.3 Å². The first-order chi connectivity index (χ1) is 10.7. The second-order valence-electron chi connectivity index (χ2n) is 5.83. The number of aromatic amines is 1. The SMILES string of the molecule is CCN(C(=O)c1n[nH]c(=O)c2ccccc12)C1CCCCC1. The van der Waals surface area contributed by atoms with E-state index >= 15 is 0 Å². The van der Waals surface area contributed by atoms with Crippen LogP contribution in [0.1, 0.15) is 49.5 Å². The Bertz CT molecular complexity index is 732. The quantitative estimate of drug-likeness (QED) is 0.947. The van der Waals surface area contributed by atoms with Crippen molar-refractivity contribution < 1.29 is 4.79 Å². The average Bonchev–Trinajstić information content (AvgIpc) is 2.57. The van der Waals surface area contributed by atoms with Gasteiger partial charge >= 0.3 is 0 Å². The highest BCUT2D eigenvalue weighted by Gasteiger charge is 2.27. The lowest BCUT2D eigenvalue weighted by atomic mass is 9.94. The van der Waals surface area contributed by atoms with Crippen molar-refractivity contribution in [1.82, 2.24) is 15.1 Å². The molecule has 22 heavy (non-hydrogen) atoms. The first kappa shape index (κ1) is 14.8. The van der Waals surface area contributed by atoms with Gasteiger partial charge in [0.2, 0.25) is 0 Å². The van der Waals surface area contributed by atoms with Crippen LogP contribution in [-0.2, 0) is 0 Å². The lowest BCUT2D eigenvalue weighted by Gasteiger charge is -2.33. The van der Waals surface area contributed by atoms with Crippen molar-refractivity contribution in [1.29, 1.82) is 0 Å². The number of nitrogens with one attached hydrogen (secondary N) is 1. The molecule has 0 unspecified atom stereocenters. The molecule has 1 fully saturated rings. The minimum atomic E-state index is -0.257. The average molecular weight is 299 g/mol.